The van der Waals surface area contributed by atoms with Crippen LogP contribution >= 0.6 is 0 Å². The molecule has 1 amide bonds. The van der Waals surface area contributed by atoms with Crippen LogP contribution in [0.2, 0.25) is 0 Å². The molecular formula is C23H17N5O3. The number of furan rings is 1. The molecule has 3 aromatic heterocycles. The van der Waals surface area contributed by atoms with Gasteiger partial charge in [0.1, 0.15) is 11.5 Å². The number of H-pyrrole nitrogens is 1. The van der Waals surface area contributed by atoms with E-state index in [4.69, 9.17) is 4.42 Å². The van der Waals surface area contributed by atoms with E-state index in [1.165, 1.54) is 17.0 Å². The second-order valence-corrected chi connectivity index (χ2v) is 7.03. The van der Waals surface area contributed by atoms with Crippen LogP contribution in [0, 0.1) is 6.92 Å². The van der Waals surface area contributed by atoms with Gasteiger partial charge < -0.3 is 9.73 Å². The average Bonchev–Trinajstić information content (AvgIpc) is 3.43. The molecule has 0 fully saturated rings. The van der Waals surface area contributed by atoms with Crippen LogP contribution in [0.3, 0.4) is 0 Å². The third kappa shape index (κ3) is 3.62. The summed E-state index contributed by atoms with van der Waals surface area (Å²) >= 11 is 0. The molecule has 0 aliphatic rings. The predicted octanol–water partition coefficient (Wildman–Crippen LogP) is 3.93. The minimum Gasteiger partial charge on any atom is -0.463 e. The number of rotatable bonds is 4. The molecule has 8 nitrogen and oxygen atoms in total. The van der Waals surface area contributed by atoms with E-state index in [9.17, 15) is 9.59 Å². The summed E-state index contributed by atoms with van der Waals surface area (Å²) in [5.74, 6) is 0.748. The summed E-state index contributed by atoms with van der Waals surface area (Å²) < 4.78 is 6.81. The summed E-state index contributed by atoms with van der Waals surface area (Å²) in [4.78, 5) is 32.0. The molecule has 2 aromatic carbocycles. The number of benzene rings is 2. The Hall–Kier alpha value is -4.46. The zero-order valence-electron chi connectivity index (χ0n) is 16.5. The second kappa shape index (κ2) is 7.42. The monoisotopic (exact) mass is 411 g/mol. The third-order valence-corrected chi connectivity index (χ3v) is 4.79. The molecule has 0 saturated heterocycles. The first-order valence-corrected chi connectivity index (χ1v) is 9.59. The number of hydrogen-bond acceptors (Lipinski definition) is 5. The van der Waals surface area contributed by atoms with Crippen LogP contribution < -0.4 is 10.9 Å². The van der Waals surface area contributed by atoms with Crippen LogP contribution in [-0.4, -0.2) is 25.7 Å². The Labute approximate surface area is 176 Å². The Morgan fingerprint density at radius 1 is 1.03 bits per heavy atom. The molecule has 0 saturated carbocycles. The molecule has 5 rings (SSSR count). The number of aryl methyl sites for hydroxylation is 1. The lowest BCUT2D eigenvalue weighted by Crippen LogP contribution is -2.18. The molecule has 0 unspecified atom stereocenters. The molecule has 152 valence electrons. The number of carbonyl (C=O) groups excluding carboxylic acids is 1. The highest BCUT2D eigenvalue weighted by molar-refractivity contribution is 6.06. The van der Waals surface area contributed by atoms with Crippen molar-refractivity contribution in [3.8, 4) is 17.4 Å². The number of fused-ring (bicyclic) bond motifs is 1. The fraction of sp³-hybridized carbons (Fsp3) is 0.0435. The summed E-state index contributed by atoms with van der Waals surface area (Å²) in [6.45, 7) is 1.71. The van der Waals surface area contributed by atoms with Crippen molar-refractivity contribution in [2.24, 2.45) is 0 Å². The number of nitrogens with one attached hydrogen (secondary N) is 2. The zero-order valence-corrected chi connectivity index (χ0v) is 16.5. The molecule has 0 bridgehead atoms. The number of amides is 1. The van der Waals surface area contributed by atoms with Crippen LogP contribution in [0.15, 0.2) is 82.2 Å². The highest BCUT2D eigenvalue weighted by atomic mass is 16.3. The van der Waals surface area contributed by atoms with Gasteiger partial charge >= 0.3 is 0 Å². The van der Waals surface area contributed by atoms with Gasteiger partial charge in [-0.05, 0) is 42.0 Å². The Bertz CT molecular complexity index is 1460. The maximum atomic E-state index is 13.0. The molecule has 3 heterocycles. The van der Waals surface area contributed by atoms with Crippen molar-refractivity contribution in [3.63, 3.8) is 0 Å². The summed E-state index contributed by atoms with van der Waals surface area (Å²) in [6.07, 6.45) is 1.54. The first-order valence-electron chi connectivity index (χ1n) is 9.59. The van der Waals surface area contributed by atoms with E-state index in [1.54, 1.807) is 31.2 Å². The van der Waals surface area contributed by atoms with Gasteiger partial charge in [0.2, 0.25) is 5.95 Å². The van der Waals surface area contributed by atoms with Crippen molar-refractivity contribution in [2.45, 2.75) is 6.92 Å². The van der Waals surface area contributed by atoms with E-state index in [2.05, 4.69) is 20.4 Å². The van der Waals surface area contributed by atoms with Gasteiger partial charge in [0.05, 0.1) is 6.26 Å². The van der Waals surface area contributed by atoms with Gasteiger partial charge in [-0.25, -0.2) is 4.98 Å². The van der Waals surface area contributed by atoms with Gasteiger partial charge in [0.25, 0.3) is 11.5 Å². The lowest BCUT2D eigenvalue weighted by atomic mass is 10.1. The number of hydrogen-bond donors (Lipinski definition) is 2. The molecular weight excluding hydrogens is 394 g/mol. The second-order valence-electron chi connectivity index (χ2n) is 7.03. The molecule has 0 atom stereocenters. The van der Waals surface area contributed by atoms with Gasteiger partial charge in [0.15, 0.2) is 5.76 Å². The normalized spacial score (nSPS) is 11.0. The summed E-state index contributed by atoms with van der Waals surface area (Å²) in [5.41, 5.74) is 1.20. The number of aromatic nitrogens is 4. The van der Waals surface area contributed by atoms with Gasteiger partial charge in [-0.15, -0.1) is 0 Å². The predicted molar refractivity (Wildman–Crippen MR) is 116 cm³/mol. The van der Waals surface area contributed by atoms with Crippen molar-refractivity contribution >= 4 is 22.5 Å². The quantitative estimate of drug-likeness (QED) is 0.466. The molecule has 2 N–H and O–H groups in total. The Morgan fingerprint density at radius 2 is 1.87 bits per heavy atom. The first-order chi connectivity index (χ1) is 15.1. The number of nitrogens with zero attached hydrogens (tertiary/aromatic N) is 3. The Kier molecular flexibility index (Phi) is 4.44. The van der Waals surface area contributed by atoms with Crippen LogP contribution in [0.4, 0.5) is 5.82 Å². The Morgan fingerprint density at radius 3 is 2.65 bits per heavy atom. The molecule has 5 aromatic rings. The van der Waals surface area contributed by atoms with Crippen LogP contribution in [0.1, 0.15) is 16.1 Å². The summed E-state index contributed by atoms with van der Waals surface area (Å²) in [7, 11) is 0. The number of carbonyl (C=O) groups is 1. The van der Waals surface area contributed by atoms with Crippen LogP contribution in [0.5, 0.6) is 0 Å². The van der Waals surface area contributed by atoms with Gasteiger partial charge in [-0.2, -0.15) is 9.78 Å². The fourth-order valence-corrected chi connectivity index (χ4v) is 3.36. The molecule has 0 radical (unpaired) electrons. The van der Waals surface area contributed by atoms with Crippen molar-refractivity contribution in [1.82, 2.24) is 19.7 Å². The SMILES string of the molecule is Cc1cc(=O)[nH]c(-n2nc(-c3ccco3)cc2NC(=O)c2ccc3ccccc3c2)n1. The largest absolute Gasteiger partial charge is 0.463 e. The lowest BCUT2D eigenvalue weighted by Gasteiger charge is -2.09. The molecule has 31 heavy (non-hydrogen) atoms. The van der Waals surface area contributed by atoms with Crippen molar-refractivity contribution in [1.29, 1.82) is 0 Å². The highest BCUT2D eigenvalue weighted by Gasteiger charge is 2.18. The van der Waals surface area contributed by atoms with Crippen LogP contribution in [-0.2, 0) is 0 Å². The van der Waals surface area contributed by atoms with E-state index in [-0.39, 0.29) is 17.4 Å². The maximum Gasteiger partial charge on any atom is 0.256 e. The fourth-order valence-electron chi connectivity index (χ4n) is 3.36. The maximum absolute atomic E-state index is 13.0. The van der Waals surface area contributed by atoms with E-state index < -0.39 is 0 Å². The summed E-state index contributed by atoms with van der Waals surface area (Å²) in [5, 5.41) is 9.36. The third-order valence-electron chi connectivity index (χ3n) is 4.79. The van der Waals surface area contributed by atoms with E-state index in [0.29, 0.717) is 28.5 Å². The van der Waals surface area contributed by atoms with E-state index >= 15 is 0 Å². The van der Waals surface area contributed by atoms with Gasteiger partial charge in [0, 0.05) is 23.4 Å². The zero-order chi connectivity index (χ0) is 21.4. The molecule has 0 spiro atoms. The molecule has 8 heteroatoms. The van der Waals surface area contributed by atoms with Crippen molar-refractivity contribution in [3.05, 3.63) is 94.6 Å². The smallest absolute Gasteiger partial charge is 0.256 e. The van der Waals surface area contributed by atoms with Crippen molar-refractivity contribution in [2.75, 3.05) is 5.32 Å². The molecule has 0 aliphatic heterocycles. The van der Waals surface area contributed by atoms with Crippen molar-refractivity contribution < 1.29 is 9.21 Å². The minimum absolute atomic E-state index is 0.191. The van der Waals surface area contributed by atoms with Gasteiger partial charge in [-0.1, -0.05) is 30.3 Å². The average molecular weight is 411 g/mol. The lowest BCUT2D eigenvalue weighted by molar-refractivity contribution is 0.102. The minimum atomic E-state index is -0.315. The topological polar surface area (TPSA) is 106 Å². The standard InChI is InChI=1S/C23H17N5O3/c1-14-11-21(29)26-23(24-14)28-20(13-18(27-28)19-7-4-10-31-19)25-22(30)17-9-8-15-5-2-3-6-16(15)12-17/h2-13H,1H3,(H,25,30)(H,24,26,29). The van der Waals surface area contributed by atoms with E-state index in [1.807, 2.05) is 36.4 Å². The van der Waals surface area contributed by atoms with E-state index in [0.717, 1.165) is 10.8 Å². The number of anilines is 1. The van der Waals surface area contributed by atoms with Crippen LogP contribution in [0.25, 0.3) is 28.2 Å². The molecule has 0 aliphatic carbocycles. The highest BCUT2D eigenvalue weighted by Crippen LogP contribution is 2.25. The van der Waals surface area contributed by atoms with Gasteiger partial charge in [-0.3, -0.25) is 14.6 Å². The summed E-state index contributed by atoms with van der Waals surface area (Å²) in [6, 6.07) is 19.9. The first kappa shape index (κ1) is 18.6. The number of aromatic amines is 1. The Balaban J connectivity index is 1.56.